The van der Waals surface area contributed by atoms with E-state index < -0.39 is 6.23 Å². The summed E-state index contributed by atoms with van der Waals surface area (Å²) in [5, 5.41) is 9.02. The third-order valence-corrected chi connectivity index (χ3v) is 5.72. The molecule has 0 saturated heterocycles. The number of aromatic nitrogens is 3. The van der Waals surface area contributed by atoms with Crippen molar-refractivity contribution in [3.8, 4) is 17.1 Å². The van der Waals surface area contributed by atoms with Crippen LogP contribution >= 0.6 is 23.5 Å². The van der Waals surface area contributed by atoms with Crippen LogP contribution in [-0.2, 0) is 4.79 Å². The van der Waals surface area contributed by atoms with Gasteiger partial charge in [0.15, 0.2) is 5.69 Å². The van der Waals surface area contributed by atoms with Crippen molar-refractivity contribution in [2.75, 3.05) is 17.4 Å². The number of carbonyl (C=O) groups excluding carboxylic acids is 1. The first-order chi connectivity index (χ1) is 13.6. The van der Waals surface area contributed by atoms with Gasteiger partial charge in [0, 0.05) is 22.9 Å². The number of ether oxygens (including phenoxy) is 1. The summed E-state index contributed by atoms with van der Waals surface area (Å²) >= 11 is 3.05. The maximum Gasteiger partial charge on any atom is 0.247 e. The second kappa shape index (κ2) is 7.81. The number of benzene rings is 2. The number of thioether (sulfide) groups is 2. The second-order valence-corrected chi connectivity index (χ2v) is 7.75. The Kier molecular flexibility index (Phi) is 5.23. The highest BCUT2D eigenvalue weighted by Crippen LogP contribution is 2.43. The lowest BCUT2D eigenvalue weighted by molar-refractivity contribution is -0.118. The van der Waals surface area contributed by atoms with Crippen molar-refractivity contribution in [1.29, 1.82) is 0 Å². The van der Waals surface area contributed by atoms with Crippen LogP contribution in [0.25, 0.3) is 11.3 Å². The zero-order valence-corrected chi connectivity index (χ0v) is 17.3. The Hall–Kier alpha value is -2.58. The maximum atomic E-state index is 12.7. The second-order valence-electron chi connectivity index (χ2n) is 6.10. The van der Waals surface area contributed by atoms with Crippen LogP contribution in [0.15, 0.2) is 58.6 Å². The van der Waals surface area contributed by atoms with E-state index in [1.807, 2.05) is 61.0 Å². The normalized spacial score (nSPS) is 15.2. The molecule has 0 saturated carbocycles. The van der Waals surface area contributed by atoms with Crippen molar-refractivity contribution >= 4 is 35.1 Å². The Morgan fingerprint density at radius 3 is 2.46 bits per heavy atom. The van der Waals surface area contributed by atoms with Crippen LogP contribution in [0.4, 0.5) is 5.69 Å². The number of nitrogens with zero attached hydrogens (tertiary/aromatic N) is 4. The van der Waals surface area contributed by atoms with Gasteiger partial charge in [-0.05, 0) is 30.7 Å². The molecular weight excluding hydrogens is 392 g/mol. The summed E-state index contributed by atoms with van der Waals surface area (Å²) < 4.78 is 6.29. The van der Waals surface area contributed by atoms with Gasteiger partial charge >= 0.3 is 0 Å². The summed E-state index contributed by atoms with van der Waals surface area (Å²) in [5.74, 6) is 0.242. The highest BCUT2D eigenvalue weighted by Gasteiger charge is 2.34. The van der Waals surface area contributed by atoms with Gasteiger partial charge in [0.05, 0.1) is 5.69 Å². The Morgan fingerprint density at radius 2 is 1.79 bits per heavy atom. The van der Waals surface area contributed by atoms with Gasteiger partial charge in [0.2, 0.25) is 23.2 Å². The smallest absolute Gasteiger partial charge is 0.247 e. The van der Waals surface area contributed by atoms with Crippen LogP contribution in [0.5, 0.6) is 5.88 Å². The van der Waals surface area contributed by atoms with Crippen molar-refractivity contribution < 1.29 is 9.53 Å². The monoisotopic (exact) mass is 410 g/mol. The topological polar surface area (TPSA) is 68.2 Å². The number of fused-ring (bicyclic) bond motifs is 3. The van der Waals surface area contributed by atoms with Crippen molar-refractivity contribution in [3.63, 3.8) is 0 Å². The molecule has 1 atom stereocenters. The van der Waals surface area contributed by atoms with Gasteiger partial charge in [-0.15, -0.1) is 22.0 Å². The van der Waals surface area contributed by atoms with Gasteiger partial charge in [-0.1, -0.05) is 42.1 Å². The molecule has 8 heteroatoms. The fourth-order valence-corrected chi connectivity index (χ4v) is 3.83. The van der Waals surface area contributed by atoms with Crippen LogP contribution in [0.3, 0.4) is 0 Å². The zero-order valence-electron chi connectivity index (χ0n) is 15.6. The van der Waals surface area contributed by atoms with E-state index in [4.69, 9.17) is 4.74 Å². The molecule has 0 aliphatic carbocycles. The lowest BCUT2D eigenvalue weighted by Gasteiger charge is -2.30. The Labute approximate surface area is 171 Å². The fourth-order valence-electron chi connectivity index (χ4n) is 3.12. The highest BCUT2D eigenvalue weighted by molar-refractivity contribution is 7.98. The largest absolute Gasteiger partial charge is 0.447 e. The van der Waals surface area contributed by atoms with E-state index in [9.17, 15) is 4.79 Å². The van der Waals surface area contributed by atoms with Gasteiger partial charge in [0.25, 0.3) is 0 Å². The van der Waals surface area contributed by atoms with Crippen molar-refractivity contribution in [2.45, 2.75) is 23.2 Å². The first-order valence-electron chi connectivity index (χ1n) is 8.61. The van der Waals surface area contributed by atoms with Crippen molar-refractivity contribution in [3.05, 3.63) is 54.1 Å². The molecule has 3 aromatic rings. The van der Waals surface area contributed by atoms with Crippen molar-refractivity contribution in [1.82, 2.24) is 15.2 Å². The molecule has 1 aliphatic rings. The first-order valence-corrected chi connectivity index (χ1v) is 11.1. The Bertz CT molecular complexity index is 1030. The summed E-state index contributed by atoms with van der Waals surface area (Å²) in [6, 6.07) is 15.6. The molecule has 0 spiro atoms. The number of anilines is 1. The minimum atomic E-state index is -0.651. The van der Waals surface area contributed by atoms with Gasteiger partial charge in [-0.3, -0.25) is 9.69 Å². The predicted octanol–water partition coefficient (Wildman–Crippen LogP) is 4.43. The minimum absolute atomic E-state index is 0.128. The van der Waals surface area contributed by atoms with Crippen LogP contribution in [0, 0.1) is 0 Å². The first kappa shape index (κ1) is 18.8. The van der Waals surface area contributed by atoms with E-state index >= 15 is 0 Å². The molecular formula is C20H18N4O2S2. The average Bonchev–Trinajstić information content (AvgIpc) is 2.87. The molecule has 2 aromatic carbocycles. The molecule has 6 nitrogen and oxygen atoms in total. The summed E-state index contributed by atoms with van der Waals surface area (Å²) in [7, 11) is 0. The number of hydrogen-bond donors (Lipinski definition) is 0. The summed E-state index contributed by atoms with van der Waals surface area (Å²) in [5.41, 5.74) is 2.88. The summed E-state index contributed by atoms with van der Waals surface area (Å²) in [6.07, 6.45) is 3.26. The molecule has 2 heterocycles. The molecule has 0 N–H and O–H groups in total. The number of carbonyl (C=O) groups is 1. The van der Waals surface area contributed by atoms with Gasteiger partial charge in [-0.2, -0.15) is 4.98 Å². The van der Waals surface area contributed by atoms with Gasteiger partial charge in [0.1, 0.15) is 0 Å². The number of amides is 1. The molecule has 0 unspecified atom stereocenters. The highest BCUT2D eigenvalue weighted by atomic mass is 32.2. The molecule has 142 valence electrons. The van der Waals surface area contributed by atoms with E-state index in [1.54, 1.807) is 16.7 Å². The minimum Gasteiger partial charge on any atom is -0.447 e. The summed E-state index contributed by atoms with van der Waals surface area (Å²) in [4.78, 5) is 20.0. The molecule has 28 heavy (non-hydrogen) atoms. The van der Waals surface area contributed by atoms with E-state index in [1.165, 1.54) is 18.7 Å². The third kappa shape index (κ3) is 3.33. The Balaban J connectivity index is 1.93. The fraction of sp³-hybridized carbons (Fsp3) is 0.200. The van der Waals surface area contributed by atoms with Crippen LogP contribution in [-0.4, -0.2) is 33.6 Å². The molecule has 0 radical (unpaired) electrons. The van der Waals surface area contributed by atoms with E-state index in [0.717, 1.165) is 21.7 Å². The van der Waals surface area contributed by atoms with Crippen LogP contribution in [0.2, 0.25) is 0 Å². The molecule has 1 amide bonds. The van der Waals surface area contributed by atoms with Crippen LogP contribution in [0.1, 0.15) is 18.7 Å². The Morgan fingerprint density at radius 1 is 1.04 bits per heavy atom. The van der Waals surface area contributed by atoms with Crippen molar-refractivity contribution in [2.24, 2.45) is 0 Å². The van der Waals surface area contributed by atoms with Gasteiger partial charge in [-0.25, -0.2) is 0 Å². The number of para-hydroxylation sites is 1. The number of hydrogen-bond acceptors (Lipinski definition) is 7. The third-order valence-electron chi connectivity index (χ3n) is 4.43. The quantitative estimate of drug-likeness (QED) is 0.592. The molecule has 0 bridgehead atoms. The van der Waals surface area contributed by atoms with Crippen LogP contribution < -0.4 is 9.64 Å². The summed E-state index contributed by atoms with van der Waals surface area (Å²) in [6.45, 7) is 1.53. The molecule has 4 rings (SSSR count). The standard InChI is InChI=1S/C20H18N4O2S2/c1-12(25)24-16-7-5-4-6-15(16)17-18(21-20(28-3)23-22-17)26-19(24)13-8-10-14(27-2)11-9-13/h4-11,19H,1-3H3/t19-/m1/s1. The SMILES string of the molecule is CSc1ccc([C@H]2Oc3nc(SC)nnc3-c3ccccc3N2C(C)=O)cc1. The molecule has 1 aliphatic heterocycles. The van der Waals surface area contributed by atoms with E-state index in [0.29, 0.717) is 16.7 Å². The molecule has 1 aromatic heterocycles. The zero-order chi connectivity index (χ0) is 19.7. The maximum absolute atomic E-state index is 12.7. The lowest BCUT2D eigenvalue weighted by Crippen LogP contribution is -2.36. The predicted molar refractivity (Wildman–Crippen MR) is 112 cm³/mol. The van der Waals surface area contributed by atoms with E-state index in [2.05, 4.69) is 15.2 Å². The number of rotatable bonds is 3. The van der Waals surface area contributed by atoms with Gasteiger partial charge < -0.3 is 4.74 Å². The lowest BCUT2D eigenvalue weighted by atomic mass is 10.1. The van der Waals surface area contributed by atoms with E-state index in [-0.39, 0.29) is 5.91 Å². The average molecular weight is 411 g/mol. The molecule has 0 fully saturated rings.